The van der Waals surface area contributed by atoms with Gasteiger partial charge in [0.25, 0.3) is 5.56 Å². The van der Waals surface area contributed by atoms with E-state index in [2.05, 4.69) is 15.5 Å². The van der Waals surface area contributed by atoms with E-state index in [-0.39, 0.29) is 23.8 Å². The van der Waals surface area contributed by atoms with Crippen LogP contribution in [0.1, 0.15) is 41.6 Å². The summed E-state index contributed by atoms with van der Waals surface area (Å²) in [4.78, 5) is 39.3. The van der Waals surface area contributed by atoms with Crippen LogP contribution in [0.15, 0.2) is 63.9 Å². The number of thiophene rings is 1. The minimum atomic E-state index is -0.418. The average molecular weight is 576 g/mol. The fourth-order valence-corrected chi connectivity index (χ4v) is 6.41. The van der Waals surface area contributed by atoms with Crippen molar-refractivity contribution in [2.45, 2.75) is 30.8 Å². The van der Waals surface area contributed by atoms with Crippen LogP contribution in [-0.2, 0) is 9.53 Å². The molecule has 0 atom stereocenters. The number of ether oxygens (including phenoxy) is 2. The number of carbonyl (C=O) groups excluding carboxylic acids is 2. The smallest absolute Gasteiger partial charge is 0.341 e. The number of para-hydroxylation sites is 1. The zero-order chi connectivity index (χ0) is 27.8. The Morgan fingerprint density at radius 3 is 2.75 bits per heavy atom. The fourth-order valence-electron chi connectivity index (χ4n) is 4.62. The van der Waals surface area contributed by atoms with Crippen molar-refractivity contribution in [1.29, 1.82) is 0 Å². The number of rotatable bonds is 9. The average Bonchev–Trinajstić information content (AvgIpc) is 3.60. The molecule has 1 N–H and O–H groups in total. The lowest BCUT2D eigenvalue weighted by Crippen LogP contribution is -2.22. The molecule has 3 aromatic heterocycles. The first-order valence-corrected chi connectivity index (χ1v) is 14.6. The van der Waals surface area contributed by atoms with Crippen molar-refractivity contribution in [1.82, 2.24) is 19.2 Å². The molecule has 3 heterocycles. The predicted octanol–water partition coefficient (Wildman–Crippen LogP) is 4.89. The summed E-state index contributed by atoms with van der Waals surface area (Å²) >= 11 is 2.53. The first-order chi connectivity index (χ1) is 19.5. The summed E-state index contributed by atoms with van der Waals surface area (Å²) in [5.41, 5.74) is 2.36. The number of nitrogens with zero attached hydrogens (tertiary/aromatic N) is 4. The van der Waals surface area contributed by atoms with Crippen molar-refractivity contribution >= 4 is 56.7 Å². The van der Waals surface area contributed by atoms with E-state index in [4.69, 9.17) is 9.47 Å². The molecule has 0 aliphatic heterocycles. The van der Waals surface area contributed by atoms with Gasteiger partial charge in [0.15, 0.2) is 5.16 Å². The second-order valence-electron chi connectivity index (χ2n) is 9.20. The quantitative estimate of drug-likeness (QED) is 0.195. The highest BCUT2D eigenvalue weighted by Gasteiger charge is 2.32. The molecule has 2 aromatic carbocycles. The van der Waals surface area contributed by atoms with Gasteiger partial charge in [-0.15, -0.1) is 21.5 Å². The third-order valence-corrected chi connectivity index (χ3v) is 8.45. The molecule has 0 bridgehead atoms. The summed E-state index contributed by atoms with van der Waals surface area (Å²) in [6.07, 6.45) is 2.06. The summed E-state index contributed by atoms with van der Waals surface area (Å²) in [6.45, 7) is 2.02. The number of anilines is 1. The Balaban J connectivity index is 1.32. The Kier molecular flexibility index (Phi) is 7.03. The number of benzene rings is 2. The van der Waals surface area contributed by atoms with Crippen LogP contribution in [0.4, 0.5) is 5.00 Å². The molecule has 204 valence electrons. The van der Waals surface area contributed by atoms with Crippen LogP contribution >= 0.6 is 23.1 Å². The maximum atomic E-state index is 13.5. The van der Waals surface area contributed by atoms with E-state index in [1.54, 1.807) is 54.8 Å². The van der Waals surface area contributed by atoms with Gasteiger partial charge in [0.2, 0.25) is 11.7 Å². The summed E-state index contributed by atoms with van der Waals surface area (Å²) in [5, 5.41) is 14.9. The summed E-state index contributed by atoms with van der Waals surface area (Å²) in [6, 6.07) is 14.4. The van der Waals surface area contributed by atoms with Gasteiger partial charge < -0.3 is 14.8 Å². The largest absolute Gasteiger partial charge is 0.497 e. The van der Waals surface area contributed by atoms with Crippen molar-refractivity contribution in [2.24, 2.45) is 0 Å². The minimum absolute atomic E-state index is 0.0202. The molecule has 1 fully saturated rings. The van der Waals surface area contributed by atoms with Gasteiger partial charge in [0, 0.05) is 6.07 Å². The molecule has 1 saturated carbocycles. The van der Waals surface area contributed by atoms with Gasteiger partial charge in [-0.25, -0.2) is 9.36 Å². The van der Waals surface area contributed by atoms with E-state index in [1.165, 1.54) is 27.7 Å². The topological polar surface area (TPSA) is 117 Å². The first-order valence-electron chi connectivity index (χ1n) is 12.7. The molecule has 40 heavy (non-hydrogen) atoms. The molecule has 5 aromatic rings. The lowest BCUT2D eigenvalue weighted by molar-refractivity contribution is -0.113. The second-order valence-corrected chi connectivity index (χ2v) is 11.0. The Bertz CT molecular complexity index is 1820. The van der Waals surface area contributed by atoms with E-state index in [1.807, 2.05) is 17.5 Å². The standard InChI is InChI=1S/C28H25N5O5S2/c1-3-38-26(36)23-20(16-11-12-16)14-39-24(23)29-22(34)15-40-28-31-30-27-32(17-7-6-8-18(13-17)37-2)25(35)19-9-4-5-10-21(19)33(27)28/h4-10,13-14,16H,3,11-12,15H2,1-2H3,(H,29,34). The molecule has 12 heteroatoms. The Morgan fingerprint density at radius 2 is 1.98 bits per heavy atom. The van der Waals surface area contributed by atoms with Crippen molar-refractivity contribution in [3.8, 4) is 11.4 Å². The number of fused-ring (bicyclic) bond motifs is 3. The summed E-state index contributed by atoms with van der Waals surface area (Å²) in [5.74, 6) is 0.570. The van der Waals surface area contributed by atoms with Gasteiger partial charge in [-0.3, -0.25) is 14.0 Å². The summed E-state index contributed by atoms with van der Waals surface area (Å²) in [7, 11) is 1.56. The van der Waals surface area contributed by atoms with Crippen molar-refractivity contribution < 1.29 is 19.1 Å². The fraction of sp³-hybridized carbons (Fsp3) is 0.250. The molecule has 1 aliphatic rings. The molecule has 0 radical (unpaired) electrons. The zero-order valence-corrected chi connectivity index (χ0v) is 23.4. The van der Waals surface area contributed by atoms with Crippen LogP contribution in [0.2, 0.25) is 0 Å². The molecule has 1 aliphatic carbocycles. The molecule has 0 spiro atoms. The summed E-state index contributed by atoms with van der Waals surface area (Å²) < 4.78 is 13.9. The zero-order valence-electron chi connectivity index (χ0n) is 21.7. The number of carbonyl (C=O) groups is 2. The minimum Gasteiger partial charge on any atom is -0.497 e. The van der Waals surface area contributed by atoms with E-state index < -0.39 is 5.97 Å². The number of aromatic nitrogens is 4. The SMILES string of the molecule is CCOC(=O)c1c(C2CC2)csc1NC(=O)CSc1nnc2n(-c3cccc(OC)c3)c(=O)c3ccccc3n12. The third-order valence-electron chi connectivity index (χ3n) is 6.61. The van der Waals surface area contributed by atoms with E-state index >= 15 is 0 Å². The van der Waals surface area contributed by atoms with E-state index in [0.29, 0.717) is 49.8 Å². The van der Waals surface area contributed by atoms with Crippen LogP contribution in [0.5, 0.6) is 5.75 Å². The maximum absolute atomic E-state index is 13.5. The lowest BCUT2D eigenvalue weighted by Gasteiger charge is -2.12. The number of esters is 1. The first kappa shape index (κ1) is 26.1. The van der Waals surface area contributed by atoms with Crippen molar-refractivity contribution in [2.75, 3.05) is 24.8 Å². The number of methoxy groups -OCH3 is 1. The number of nitrogens with one attached hydrogen (secondary N) is 1. The number of hydrogen-bond donors (Lipinski definition) is 1. The highest BCUT2D eigenvalue weighted by Crippen LogP contribution is 2.46. The van der Waals surface area contributed by atoms with Gasteiger partial charge in [0.1, 0.15) is 10.8 Å². The van der Waals surface area contributed by atoms with Crippen LogP contribution in [0.3, 0.4) is 0 Å². The number of hydrogen-bond acceptors (Lipinski definition) is 9. The second kappa shape index (κ2) is 10.8. The lowest BCUT2D eigenvalue weighted by atomic mass is 10.1. The van der Waals surface area contributed by atoms with Gasteiger partial charge in [-0.05, 0) is 60.9 Å². The van der Waals surface area contributed by atoms with E-state index in [9.17, 15) is 14.4 Å². The Hall–Kier alpha value is -4.16. The molecular formula is C28H25N5O5S2. The molecule has 1 amide bonds. The van der Waals surface area contributed by atoms with Gasteiger partial charge in [0.05, 0.1) is 41.6 Å². The van der Waals surface area contributed by atoms with Gasteiger partial charge in [-0.2, -0.15) is 0 Å². The molecular weight excluding hydrogens is 550 g/mol. The highest BCUT2D eigenvalue weighted by molar-refractivity contribution is 7.99. The monoisotopic (exact) mass is 575 g/mol. The third kappa shape index (κ3) is 4.73. The molecule has 0 unspecified atom stereocenters. The number of amides is 1. The maximum Gasteiger partial charge on any atom is 0.341 e. The van der Waals surface area contributed by atoms with Gasteiger partial charge >= 0.3 is 5.97 Å². The highest BCUT2D eigenvalue weighted by atomic mass is 32.2. The van der Waals surface area contributed by atoms with Crippen LogP contribution < -0.4 is 15.6 Å². The van der Waals surface area contributed by atoms with Crippen molar-refractivity contribution in [3.63, 3.8) is 0 Å². The van der Waals surface area contributed by atoms with Crippen LogP contribution in [-0.4, -0.2) is 50.5 Å². The molecule has 6 rings (SSSR count). The van der Waals surface area contributed by atoms with Crippen LogP contribution in [0, 0.1) is 0 Å². The Morgan fingerprint density at radius 1 is 1.15 bits per heavy atom. The predicted molar refractivity (Wildman–Crippen MR) is 154 cm³/mol. The van der Waals surface area contributed by atoms with Crippen molar-refractivity contribution in [3.05, 3.63) is 75.4 Å². The number of thioether (sulfide) groups is 1. The van der Waals surface area contributed by atoms with Crippen LogP contribution in [0.25, 0.3) is 22.4 Å². The van der Waals surface area contributed by atoms with Gasteiger partial charge in [-0.1, -0.05) is 30.0 Å². The Labute approximate surface area is 236 Å². The normalized spacial score (nSPS) is 13.1. The molecule has 0 saturated heterocycles. The van der Waals surface area contributed by atoms with E-state index in [0.717, 1.165) is 18.4 Å². The molecule has 10 nitrogen and oxygen atoms in total.